The second-order valence-electron chi connectivity index (χ2n) is 5.80. The standard InChI is InChI=1S/C17H27NO3/c1-13-6-4-5-10-18(13)11-9-15(19)14-7-8-16(20-2)17(12-14)21-3/h7-8,12-13,15,19H,4-6,9-11H2,1-3H3. The van der Waals surface area contributed by atoms with Crippen molar-refractivity contribution in [2.24, 2.45) is 0 Å². The summed E-state index contributed by atoms with van der Waals surface area (Å²) in [6, 6.07) is 6.26. The summed E-state index contributed by atoms with van der Waals surface area (Å²) in [6.45, 7) is 4.37. The first-order valence-electron chi connectivity index (χ1n) is 7.79. The van der Waals surface area contributed by atoms with Crippen molar-refractivity contribution in [2.75, 3.05) is 27.3 Å². The Balaban J connectivity index is 1.95. The minimum Gasteiger partial charge on any atom is -0.493 e. The van der Waals surface area contributed by atoms with Crippen molar-refractivity contribution in [1.29, 1.82) is 0 Å². The topological polar surface area (TPSA) is 41.9 Å². The van der Waals surface area contributed by atoms with Crippen LogP contribution >= 0.6 is 0 Å². The molecule has 1 heterocycles. The Kier molecular flexibility index (Phi) is 5.88. The van der Waals surface area contributed by atoms with Crippen LogP contribution in [0.4, 0.5) is 0 Å². The van der Waals surface area contributed by atoms with E-state index in [-0.39, 0.29) is 0 Å². The maximum Gasteiger partial charge on any atom is 0.161 e. The van der Waals surface area contributed by atoms with Gasteiger partial charge in [0.05, 0.1) is 20.3 Å². The van der Waals surface area contributed by atoms with E-state index in [9.17, 15) is 5.11 Å². The Labute approximate surface area is 127 Å². The van der Waals surface area contributed by atoms with Gasteiger partial charge in [-0.1, -0.05) is 12.5 Å². The van der Waals surface area contributed by atoms with Crippen LogP contribution in [0.3, 0.4) is 0 Å². The molecule has 0 amide bonds. The molecule has 0 bridgehead atoms. The molecular weight excluding hydrogens is 266 g/mol. The SMILES string of the molecule is COc1ccc(C(O)CCN2CCCCC2C)cc1OC. The lowest BCUT2D eigenvalue weighted by molar-refractivity contribution is 0.109. The van der Waals surface area contributed by atoms with Crippen molar-refractivity contribution in [3.8, 4) is 11.5 Å². The van der Waals surface area contributed by atoms with Gasteiger partial charge in [0.2, 0.25) is 0 Å². The number of piperidine rings is 1. The molecule has 1 aliphatic rings. The fraction of sp³-hybridized carbons (Fsp3) is 0.647. The Morgan fingerprint density at radius 2 is 2.00 bits per heavy atom. The summed E-state index contributed by atoms with van der Waals surface area (Å²) in [5.41, 5.74) is 0.886. The summed E-state index contributed by atoms with van der Waals surface area (Å²) < 4.78 is 10.5. The molecule has 0 saturated carbocycles. The van der Waals surface area contributed by atoms with E-state index >= 15 is 0 Å². The molecule has 2 atom stereocenters. The monoisotopic (exact) mass is 293 g/mol. The Hall–Kier alpha value is -1.26. The minimum absolute atomic E-state index is 0.459. The predicted octanol–water partition coefficient (Wildman–Crippen LogP) is 3.00. The quantitative estimate of drug-likeness (QED) is 0.875. The molecule has 118 valence electrons. The third-order valence-electron chi connectivity index (χ3n) is 4.42. The molecule has 4 heteroatoms. The van der Waals surface area contributed by atoms with Crippen LogP contribution in [-0.4, -0.2) is 43.4 Å². The lowest BCUT2D eigenvalue weighted by Crippen LogP contribution is -2.38. The van der Waals surface area contributed by atoms with Crippen LogP contribution in [0.25, 0.3) is 0 Å². The lowest BCUT2D eigenvalue weighted by Gasteiger charge is -2.33. The molecule has 1 N–H and O–H groups in total. The first kappa shape index (κ1) is 16.1. The van der Waals surface area contributed by atoms with Crippen LogP contribution in [-0.2, 0) is 0 Å². The molecule has 1 aromatic carbocycles. The highest BCUT2D eigenvalue weighted by atomic mass is 16.5. The molecule has 21 heavy (non-hydrogen) atoms. The number of nitrogens with zero attached hydrogens (tertiary/aromatic N) is 1. The van der Waals surface area contributed by atoms with E-state index in [0.29, 0.717) is 17.5 Å². The van der Waals surface area contributed by atoms with Gasteiger partial charge in [-0.2, -0.15) is 0 Å². The Bertz CT molecular complexity index is 450. The molecule has 0 spiro atoms. The lowest BCUT2D eigenvalue weighted by atomic mass is 10.0. The van der Waals surface area contributed by atoms with Crippen molar-refractivity contribution in [3.63, 3.8) is 0 Å². The van der Waals surface area contributed by atoms with Crippen molar-refractivity contribution >= 4 is 0 Å². The molecule has 2 unspecified atom stereocenters. The van der Waals surface area contributed by atoms with Gasteiger partial charge < -0.3 is 19.5 Å². The molecule has 0 aromatic heterocycles. The van der Waals surface area contributed by atoms with Gasteiger partial charge in [0.15, 0.2) is 11.5 Å². The number of hydrogen-bond donors (Lipinski definition) is 1. The fourth-order valence-electron chi connectivity index (χ4n) is 3.00. The second kappa shape index (κ2) is 7.66. The van der Waals surface area contributed by atoms with Gasteiger partial charge in [-0.3, -0.25) is 0 Å². The average Bonchev–Trinajstić information content (AvgIpc) is 2.53. The number of ether oxygens (including phenoxy) is 2. The summed E-state index contributed by atoms with van der Waals surface area (Å²) in [5.74, 6) is 1.36. The van der Waals surface area contributed by atoms with Gasteiger partial charge >= 0.3 is 0 Å². The minimum atomic E-state index is -0.459. The van der Waals surface area contributed by atoms with Gasteiger partial charge in [0, 0.05) is 12.6 Å². The number of hydrogen-bond acceptors (Lipinski definition) is 4. The summed E-state index contributed by atoms with van der Waals surface area (Å²) in [6.07, 6.45) is 4.16. The van der Waals surface area contributed by atoms with E-state index < -0.39 is 6.10 Å². The summed E-state index contributed by atoms with van der Waals surface area (Å²) in [5, 5.41) is 10.4. The second-order valence-corrected chi connectivity index (χ2v) is 5.80. The zero-order valence-electron chi connectivity index (χ0n) is 13.3. The van der Waals surface area contributed by atoms with E-state index in [4.69, 9.17) is 9.47 Å². The van der Waals surface area contributed by atoms with Gasteiger partial charge in [-0.05, 0) is 50.4 Å². The molecule has 2 rings (SSSR count). The summed E-state index contributed by atoms with van der Waals surface area (Å²) >= 11 is 0. The normalized spacial score (nSPS) is 21.0. The van der Waals surface area contributed by atoms with Crippen molar-refractivity contribution in [3.05, 3.63) is 23.8 Å². The number of benzene rings is 1. The van der Waals surface area contributed by atoms with Crippen molar-refractivity contribution in [1.82, 2.24) is 4.90 Å². The first-order chi connectivity index (χ1) is 10.2. The number of rotatable bonds is 6. The summed E-state index contributed by atoms with van der Waals surface area (Å²) in [4.78, 5) is 2.48. The van der Waals surface area contributed by atoms with E-state index in [1.165, 1.54) is 19.3 Å². The van der Waals surface area contributed by atoms with Crippen LogP contribution in [0.15, 0.2) is 18.2 Å². The maximum atomic E-state index is 10.4. The maximum absolute atomic E-state index is 10.4. The third-order valence-corrected chi connectivity index (χ3v) is 4.42. The smallest absolute Gasteiger partial charge is 0.161 e. The van der Waals surface area contributed by atoms with Crippen LogP contribution in [0.5, 0.6) is 11.5 Å². The summed E-state index contributed by atoms with van der Waals surface area (Å²) in [7, 11) is 3.23. The molecule has 1 saturated heterocycles. The van der Waals surface area contributed by atoms with E-state index in [2.05, 4.69) is 11.8 Å². The zero-order valence-corrected chi connectivity index (χ0v) is 13.3. The largest absolute Gasteiger partial charge is 0.493 e. The molecule has 1 aromatic rings. The molecule has 0 radical (unpaired) electrons. The predicted molar refractivity (Wildman–Crippen MR) is 84.0 cm³/mol. The average molecular weight is 293 g/mol. The van der Waals surface area contributed by atoms with Crippen molar-refractivity contribution in [2.45, 2.75) is 44.8 Å². The number of aliphatic hydroxyl groups is 1. The highest BCUT2D eigenvalue weighted by Gasteiger charge is 2.19. The highest BCUT2D eigenvalue weighted by Crippen LogP contribution is 2.31. The van der Waals surface area contributed by atoms with Crippen molar-refractivity contribution < 1.29 is 14.6 Å². The molecule has 0 aliphatic carbocycles. The molecule has 1 aliphatic heterocycles. The third kappa shape index (κ3) is 4.11. The van der Waals surface area contributed by atoms with Gasteiger partial charge in [-0.15, -0.1) is 0 Å². The molecule has 4 nitrogen and oxygen atoms in total. The number of aliphatic hydroxyl groups excluding tert-OH is 1. The highest BCUT2D eigenvalue weighted by molar-refractivity contribution is 5.43. The number of methoxy groups -OCH3 is 2. The van der Waals surface area contributed by atoms with E-state index in [0.717, 1.165) is 25.1 Å². The van der Waals surface area contributed by atoms with Crippen LogP contribution in [0.1, 0.15) is 44.3 Å². The van der Waals surface area contributed by atoms with Crippen LogP contribution in [0.2, 0.25) is 0 Å². The van der Waals surface area contributed by atoms with Gasteiger partial charge in [0.1, 0.15) is 0 Å². The number of likely N-dealkylation sites (tertiary alicyclic amines) is 1. The van der Waals surface area contributed by atoms with Gasteiger partial charge in [0.25, 0.3) is 0 Å². The fourth-order valence-corrected chi connectivity index (χ4v) is 3.00. The first-order valence-corrected chi connectivity index (χ1v) is 7.79. The van der Waals surface area contributed by atoms with Crippen LogP contribution < -0.4 is 9.47 Å². The molecule has 1 fully saturated rings. The van der Waals surface area contributed by atoms with E-state index in [1.54, 1.807) is 14.2 Å². The van der Waals surface area contributed by atoms with Gasteiger partial charge in [-0.25, -0.2) is 0 Å². The molecular formula is C17H27NO3. The Morgan fingerprint density at radius 1 is 1.24 bits per heavy atom. The Morgan fingerprint density at radius 3 is 2.67 bits per heavy atom. The zero-order chi connectivity index (χ0) is 15.2. The van der Waals surface area contributed by atoms with Crippen LogP contribution in [0, 0.1) is 0 Å². The van der Waals surface area contributed by atoms with E-state index in [1.807, 2.05) is 18.2 Å².